The Bertz CT molecular complexity index is 75.1. The van der Waals surface area contributed by atoms with Crippen LogP contribution in [-0.4, -0.2) is 6.54 Å². The minimum atomic E-state index is 0.750. The van der Waals surface area contributed by atoms with E-state index in [1.165, 1.54) is 18.4 Å². The molecule has 0 rings (SSSR count). The monoisotopic (exact) mass is 173 g/mol. The fourth-order valence-corrected chi connectivity index (χ4v) is 0.493. The highest BCUT2D eigenvalue weighted by Gasteiger charge is 1.76. The van der Waals surface area contributed by atoms with Crippen molar-refractivity contribution in [3.8, 4) is 0 Å². The molecular weight excluding hydrogens is 146 g/mol. The number of rotatable bonds is 2. The maximum absolute atomic E-state index is 4.85. The van der Waals surface area contributed by atoms with Crippen LogP contribution >= 0.6 is 0 Å². The van der Waals surface area contributed by atoms with Gasteiger partial charge in [-0.15, -0.1) is 0 Å². The van der Waals surface area contributed by atoms with Gasteiger partial charge in [0, 0.05) is 0 Å². The van der Waals surface area contributed by atoms with Crippen molar-refractivity contribution in [2.24, 2.45) is 5.73 Å². The molecule has 0 aliphatic rings. The van der Waals surface area contributed by atoms with E-state index in [0.29, 0.717) is 0 Å². The predicted molar refractivity (Wildman–Crippen MR) is 60.4 cm³/mol. The van der Waals surface area contributed by atoms with E-state index in [0.717, 1.165) is 6.54 Å². The molecule has 0 unspecified atom stereocenters. The Labute approximate surface area is 79.1 Å². The normalized spacial score (nSPS) is 9.08. The Morgan fingerprint density at radius 3 is 1.58 bits per heavy atom. The van der Waals surface area contributed by atoms with E-state index in [-0.39, 0.29) is 0 Å². The fraction of sp³-hybridized carbons (Fsp3) is 0.818. The molecule has 0 heterocycles. The summed E-state index contributed by atoms with van der Waals surface area (Å²) in [6.45, 7) is 13.2. The first-order chi connectivity index (χ1) is 5.72. The lowest BCUT2D eigenvalue weighted by Crippen LogP contribution is -1.87. The van der Waals surface area contributed by atoms with Gasteiger partial charge in [-0.25, -0.2) is 0 Å². The van der Waals surface area contributed by atoms with Crippen molar-refractivity contribution in [1.82, 2.24) is 0 Å². The summed E-state index contributed by atoms with van der Waals surface area (Å²) in [6.07, 6.45) is 4.65. The first kappa shape index (κ1) is 17.7. The standard InChI is InChI=1S/C7H14.C2H7N.C2H6/c1-4-6-7(3)5-2;1-2-3;1-2/h6H,4-5H2,1-3H3;2-3H2,1H3;1-2H3/b7-6+;;. The van der Waals surface area contributed by atoms with Gasteiger partial charge >= 0.3 is 0 Å². The van der Waals surface area contributed by atoms with Gasteiger partial charge in [-0.2, -0.15) is 0 Å². The second-order valence-electron chi connectivity index (χ2n) is 2.22. The number of allylic oxidation sites excluding steroid dienone is 2. The quantitative estimate of drug-likeness (QED) is 0.632. The van der Waals surface area contributed by atoms with E-state index < -0.39 is 0 Å². The molecule has 12 heavy (non-hydrogen) atoms. The van der Waals surface area contributed by atoms with Gasteiger partial charge in [-0.05, 0) is 26.3 Å². The minimum absolute atomic E-state index is 0.750. The van der Waals surface area contributed by atoms with Gasteiger partial charge < -0.3 is 5.73 Å². The van der Waals surface area contributed by atoms with E-state index in [9.17, 15) is 0 Å². The zero-order valence-electron chi connectivity index (χ0n) is 9.78. The van der Waals surface area contributed by atoms with Crippen LogP contribution in [0.3, 0.4) is 0 Å². The fourth-order valence-electron chi connectivity index (χ4n) is 0.493. The lowest BCUT2D eigenvalue weighted by molar-refractivity contribution is 1.06. The molecule has 0 radical (unpaired) electrons. The van der Waals surface area contributed by atoms with Gasteiger partial charge in [0.25, 0.3) is 0 Å². The third kappa shape index (κ3) is 33.2. The van der Waals surface area contributed by atoms with Crippen LogP contribution in [0.4, 0.5) is 0 Å². The van der Waals surface area contributed by atoms with Gasteiger partial charge in [-0.3, -0.25) is 0 Å². The Balaban J connectivity index is -0.000000137. The van der Waals surface area contributed by atoms with Crippen molar-refractivity contribution in [3.05, 3.63) is 11.6 Å². The van der Waals surface area contributed by atoms with Crippen LogP contribution in [0, 0.1) is 0 Å². The highest BCUT2D eigenvalue weighted by atomic mass is 14.5. The van der Waals surface area contributed by atoms with E-state index in [1.807, 2.05) is 20.8 Å². The lowest BCUT2D eigenvalue weighted by atomic mass is 10.2. The maximum atomic E-state index is 4.85. The molecule has 76 valence electrons. The van der Waals surface area contributed by atoms with Crippen LogP contribution in [0.25, 0.3) is 0 Å². The summed E-state index contributed by atoms with van der Waals surface area (Å²) in [4.78, 5) is 0. The summed E-state index contributed by atoms with van der Waals surface area (Å²) in [7, 11) is 0. The van der Waals surface area contributed by atoms with Crippen molar-refractivity contribution in [2.45, 2.75) is 54.4 Å². The van der Waals surface area contributed by atoms with Crippen LogP contribution < -0.4 is 5.73 Å². The largest absolute Gasteiger partial charge is 0.331 e. The second kappa shape index (κ2) is 22.4. The topological polar surface area (TPSA) is 26.0 Å². The summed E-state index contributed by atoms with van der Waals surface area (Å²) in [5, 5.41) is 0. The molecule has 0 aromatic carbocycles. The third-order valence-corrected chi connectivity index (χ3v) is 1.11. The van der Waals surface area contributed by atoms with Gasteiger partial charge in [0.05, 0.1) is 0 Å². The predicted octanol–water partition coefficient (Wildman–Crippen LogP) is 3.74. The molecule has 1 heteroatoms. The second-order valence-corrected chi connectivity index (χ2v) is 2.22. The lowest BCUT2D eigenvalue weighted by Gasteiger charge is -1.88. The van der Waals surface area contributed by atoms with Crippen LogP contribution in [0.1, 0.15) is 54.4 Å². The molecule has 0 aromatic heterocycles. The summed E-state index contributed by atoms with van der Waals surface area (Å²) >= 11 is 0. The first-order valence-electron chi connectivity index (χ1n) is 5.08. The summed E-state index contributed by atoms with van der Waals surface area (Å²) in [5.74, 6) is 0. The van der Waals surface area contributed by atoms with Gasteiger partial charge in [0.2, 0.25) is 0 Å². The molecule has 0 bridgehead atoms. The smallest absolute Gasteiger partial charge is 0.0106 e. The van der Waals surface area contributed by atoms with Gasteiger partial charge in [0.15, 0.2) is 0 Å². The van der Waals surface area contributed by atoms with Gasteiger partial charge in [-0.1, -0.05) is 46.3 Å². The van der Waals surface area contributed by atoms with E-state index in [2.05, 4.69) is 26.8 Å². The molecule has 0 aliphatic carbocycles. The summed E-state index contributed by atoms with van der Waals surface area (Å²) < 4.78 is 0. The number of hydrogen-bond acceptors (Lipinski definition) is 1. The Kier molecular flexibility index (Phi) is 33.1. The molecule has 0 spiro atoms. The van der Waals surface area contributed by atoms with E-state index >= 15 is 0 Å². The zero-order valence-corrected chi connectivity index (χ0v) is 9.78. The average molecular weight is 173 g/mol. The third-order valence-electron chi connectivity index (χ3n) is 1.11. The van der Waals surface area contributed by atoms with E-state index in [1.54, 1.807) is 0 Å². The molecule has 0 aliphatic heterocycles. The molecule has 0 saturated heterocycles. The maximum Gasteiger partial charge on any atom is -0.0106 e. The van der Waals surface area contributed by atoms with Crippen molar-refractivity contribution in [3.63, 3.8) is 0 Å². The molecule has 0 aromatic rings. The number of nitrogens with two attached hydrogens (primary N) is 1. The average Bonchev–Trinajstić information content (AvgIpc) is 2.10. The summed E-state index contributed by atoms with van der Waals surface area (Å²) in [6, 6.07) is 0. The summed E-state index contributed by atoms with van der Waals surface area (Å²) in [5.41, 5.74) is 6.35. The molecular formula is C11H27N. The molecule has 2 N–H and O–H groups in total. The molecule has 0 amide bonds. The van der Waals surface area contributed by atoms with Crippen molar-refractivity contribution >= 4 is 0 Å². The minimum Gasteiger partial charge on any atom is -0.331 e. The Morgan fingerprint density at radius 2 is 1.50 bits per heavy atom. The molecule has 0 saturated carbocycles. The first-order valence-corrected chi connectivity index (χ1v) is 5.08. The molecule has 0 atom stereocenters. The highest BCUT2D eigenvalue weighted by Crippen LogP contribution is 1.97. The zero-order chi connectivity index (χ0) is 10.4. The SMILES string of the molecule is CC.CC/C=C(\C)CC.CCN. The van der Waals surface area contributed by atoms with Crippen molar-refractivity contribution < 1.29 is 0 Å². The van der Waals surface area contributed by atoms with E-state index in [4.69, 9.17) is 5.73 Å². The molecule has 1 nitrogen and oxygen atoms in total. The van der Waals surface area contributed by atoms with Crippen LogP contribution in [0.15, 0.2) is 11.6 Å². The Hall–Kier alpha value is -0.300. The number of hydrogen-bond donors (Lipinski definition) is 1. The Morgan fingerprint density at radius 1 is 1.17 bits per heavy atom. The highest BCUT2D eigenvalue weighted by molar-refractivity contribution is 4.95. The van der Waals surface area contributed by atoms with Gasteiger partial charge in [0.1, 0.15) is 0 Å². The van der Waals surface area contributed by atoms with Crippen LogP contribution in [0.2, 0.25) is 0 Å². The van der Waals surface area contributed by atoms with Crippen LogP contribution in [0.5, 0.6) is 0 Å². The van der Waals surface area contributed by atoms with Crippen LogP contribution in [-0.2, 0) is 0 Å². The molecule has 0 fully saturated rings. The van der Waals surface area contributed by atoms with Crippen molar-refractivity contribution in [2.75, 3.05) is 6.54 Å². The van der Waals surface area contributed by atoms with Crippen molar-refractivity contribution in [1.29, 1.82) is 0 Å².